The SMILES string of the molecule is Cc1c(-c2nc(C(C)C)n(CC(C)C)c2N)cnn1C. The molecule has 2 heterocycles. The lowest BCUT2D eigenvalue weighted by Gasteiger charge is -2.14. The predicted molar refractivity (Wildman–Crippen MR) is 82.5 cm³/mol. The molecule has 0 aliphatic heterocycles. The van der Waals surface area contributed by atoms with Crippen LogP contribution in [0.2, 0.25) is 0 Å². The molecule has 2 aromatic rings. The van der Waals surface area contributed by atoms with E-state index in [9.17, 15) is 0 Å². The Morgan fingerprint density at radius 1 is 1.25 bits per heavy atom. The van der Waals surface area contributed by atoms with E-state index in [-0.39, 0.29) is 0 Å². The molecular formula is C15H25N5. The number of anilines is 1. The van der Waals surface area contributed by atoms with Gasteiger partial charge in [-0.3, -0.25) is 4.68 Å². The minimum Gasteiger partial charge on any atom is -0.383 e. The van der Waals surface area contributed by atoms with Crippen molar-refractivity contribution in [1.29, 1.82) is 0 Å². The number of aromatic nitrogens is 4. The van der Waals surface area contributed by atoms with Gasteiger partial charge in [0.15, 0.2) is 0 Å². The van der Waals surface area contributed by atoms with Crippen LogP contribution < -0.4 is 5.73 Å². The molecule has 2 N–H and O–H groups in total. The highest BCUT2D eigenvalue weighted by Gasteiger charge is 2.21. The lowest BCUT2D eigenvalue weighted by Crippen LogP contribution is -2.12. The van der Waals surface area contributed by atoms with Crippen LogP contribution in [0, 0.1) is 12.8 Å². The monoisotopic (exact) mass is 275 g/mol. The summed E-state index contributed by atoms with van der Waals surface area (Å²) in [6.45, 7) is 11.6. The minimum absolute atomic E-state index is 0.349. The van der Waals surface area contributed by atoms with Gasteiger partial charge in [-0.2, -0.15) is 5.10 Å². The van der Waals surface area contributed by atoms with E-state index in [0.29, 0.717) is 11.8 Å². The highest BCUT2D eigenvalue weighted by molar-refractivity contribution is 5.72. The van der Waals surface area contributed by atoms with E-state index in [0.717, 1.165) is 35.1 Å². The summed E-state index contributed by atoms with van der Waals surface area (Å²) in [6.07, 6.45) is 1.85. The lowest BCUT2D eigenvalue weighted by molar-refractivity contribution is 0.502. The first-order valence-electron chi connectivity index (χ1n) is 7.17. The van der Waals surface area contributed by atoms with E-state index in [4.69, 9.17) is 10.7 Å². The van der Waals surface area contributed by atoms with Crippen molar-refractivity contribution in [3.63, 3.8) is 0 Å². The van der Waals surface area contributed by atoms with Gasteiger partial charge in [0.1, 0.15) is 17.3 Å². The molecule has 0 aliphatic carbocycles. The number of hydrogen-bond acceptors (Lipinski definition) is 3. The van der Waals surface area contributed by atoms with Crippen LogP contribution in [0.1, 0.15) is 45.1 Å². The Morgan fingerprint density at radius 2 is 1.90 bits per heavy atom. The fourth-order valence-corrected chi connectivity index (χ4v) is 2.41. The molecule has 0 saturated carbocycles. The van der Waals surface area contributed by atoms with Crippen LogP contribution >= 0.6 is 0 Å². The average Bonchev–Trinajstić information content (AvgIpc) is 2.83. The Labute approximate surface area is 120 Å². The molecular weight excluding hydrogens is 250 g/mol. The Hall–Kier alpha value is -1.78. The number of rotatable bonds is 4. The highest BCUT2D eigenvalue weighted by atomic mass is 15.3. The molecule has 0 radical (unpaired) electrons. The van der Waals surface area contributed by atoms with Crippen LogP contribution in [0.3, 0.4) is 0 Å². The molecule has 0 amide bonds. The number of nitrogen functional groups attached to an aromatic ring is 1. The molecule has 110 valence electrons. The molecule has 5 heteroatoms. The van der Waals surface area contributed by atoms with Crippen LogP contribution in [-0.2, 0) is 13.6 Å². The Morgan fingerprint density at radius 3 is 2.35 bits per heavy atom. The van der Waals surface area contributed by atoms with Gasteiger partial charge < -0.3 is 10.3 Å². The zero-order chi connectivity index (χ0) is 15.0. The third-order valence-electron chi connectivity index (χ3n) is 3.59. The second kappa shape index (κ2) is 5.31. The smallest absolute Gasteiger partial charge is 0.131 e. The van der Waals surface area contributed by atoms with Crippen LogP contribution in [0.15, 0.2) is 6.20 Å². The third-order valence-corrected chi connectivity index (χ3v) is 3.59. The van der Waals surface area contributed by atoms with Crippen LogP contribution in [0.25, 0.3) is 11.3 Å². The van der Waals surface area contributed by atoms with E-state index in [1.54, 1.807) is 0 Å². The summed E-state index contributed by atoms with van der Waals surface area (Å²) in [7, 11) is 1.93. The zero-order valence-electron chi connectivity index (χ0n) is 13.3. The first kappa shape index (κ1) is 14.6. The maximum absolute atomic E-state index is 6.36. The molecule has 5 nitrogen and oxygen atoms in total. The van der Waals surface area contributed by atoms with Gasteiger partial charge in [0.05, 0.1) is 6.20 Å². The van der Waals surface area contributed by atoms with Gasteiger partial charge in [-0.25, -0.2) is 4.98 Å². The van der Waals surface area contributed by atoms with Crippen LogP contribution in [0.4, 0.5) is 5.82 Å². The molecule has 20 heavy (non-hydrogen) atoms. The van der Waals surface area contributed by atoms with Gasteiger partial charge >= 0.3 is 0 Å². The summed E-state index contributed by atoms with van der Waals surface area (Å²) in [5.74, 6) is 2.68. The van der Waals surface area contributed by atoms with Gasteiger partial charge in [0.25, 0.3) is 0 Å². The first-order chi connectivity index (χ1) is 9.32. The number of nitrogens with zero attached hydrogens (tertiary/aromatic N) is 4. The lowest BCUT2D eigenvalue weighted by atomic mass is 10.2. The number of imidazole rings is 1. The normalized spacial score (nSPS) is 11.8. The standard InChI is InChI=1S/C15H25N5/c1-9(2)8-20-14(16)13(18-15(20)10(3)4)12-7-17-19(6)11(12)5/h7,9-10H,8,16H2,1-6H3. The quantitative estimate of drug-likeness (QED) is 0.933. The fourth-order valence-electron chi connectivity index (χ4n) is 2.41. The highest BCUT2D eigenvalue weighted by Crippen LogP contribution is 2.31. The van der Waals surface area contributed by atoms with Gasteiger partial charge in [0, 0.05) is 30.8 Å². The zero-order valence-corrected chi connectivity index (χ0v) is 13.3. The molecule has 0 fully saturated rings. The first-order valence-corrected chi connectivity index (χ1v) is 7.17. The topological polar surface area (TPSA) is 61.7 Å². The number of aryl methyl sites for hydroxylation is 1. The Kier molecular flexibility index (Phi) is 3.88. The molecule has 0 atom stereocenters. The van der Waals surface area contributed by atoms with E-state index < -0.39 is 0 Å². The Bertz CT molecular complexity index is 604. The summed E-state index contributed by atoms with van der Waals surface area (Å²) >= 11 is 0. The Balaban J connectivity index is 2.58. The molecule has 0 saturated heterocycles. The van der Waals surface area contributed by atoms with Gasteiger partial charge in [-0.05, 0) is 12.8 Å². The second-order valence-corrected chi connectivity index (χ2v) is 6.13. The van der Waals surface area contributed by atoms with E-state index >= 15 is 0 Å². The number of nitrogens with two attached hydrogens (primary N) is 1. The van der Waals surface area contributed by atoms with Gasteiger partial charge in [0.2, 0.25) is 0 Å². The van der Waals surface area contributed by atoms with Crippen molar-refractivity contribution in [1.82, 2.24) is 19.3 Å². The van der Waals surface area contributed by atoms with Crippen LogP contribution in [0.5, 0.6) is 0 Å². The molecule has 0 bridgehead atoms. The molecule has 2 aromatic heterocycles. The molecule has 0 spiro atoms. The van der Waals surface area contributed by atoms with Crippen molar-refractivity contribution < 1.29 is 0 Å². The summed E-state index contributed by atoms with van der Waals surface area (Å²) < 4.78 is 4.00. The third kappa shape index (κ3) is 2.44. The summed E-state index contributed by atoms with van der Waals surface area (Å²) in [5.41, 5.74) is 9.33. The molecule has 0 aliphatic rings. The largest absolute Gasteiger partial charge is 0.383 e. The van der Waals surface area contributed by atoms with Crippen molar-refractivity contribution in [2.45, 2.75) is 47.1 Å². The van der Waals surface area contributed by atoms with Crippen molar-refractivity contribution in [2.75, 3.05) is 5.73 Å². The number of hydrogen-bond donors (Lipinski definition) is 1. The fraction of sp³-hybridized carbons (Fsp3) is 0.600. The maximum Gasteiger partial charge on any atom is 0.131 e. The van der Waals surface area contributed by atoms with Crippen molar-refractivity contribution >= 4 is 5.82 Å². The summed E-state index contributed by atoms with van der Waals surface area (Å²) in [4.78, 5) is 4.79. The molecule has 2 rings (SSSR count). The van der Waals surface area contributed by atoms with E-state index in [1.165, 1.54) is 0 Å². The van der Waals surface area contributed by atoms with Crippen LogP contribution in [-0.4, -0.2) is 19.3 Å². The second-order valence-electron chi connectivity index (χ2n) is 6.13. The minimum atomic E-state index is 0.349. The van der Waals surface area contributed by atoms with Gasteiger partial charge in [-0.15, -0.1) is 0 Å². The molecule has 0 aromatic carbocycles. The predicted octanol–water partition coefficient (Wildman–Crippen LogP) is 2.95. The summed E-state index contributed by atoms with van der Waals surface area (Å²) in [5, 5.41) is 4.29. The summed E-state index contributed by atoms with van der Waals surface area (Å²) in [6, 6.07) is 0. The van der Waals surface area contributed by atoms with Crippen molar-refractivity contribution in [2.24, 2.45) is 13.0 Å². The van der Waals surface area contributed by atoms with Crippen molar-refractivity contribution in [3.8, 4) is 11.3 Å². The van der Waals surface area contributed by atoms with Gasteiger partial charge in [-0.1, -0.05) is 27.7 Å². The average molecular weight is 275 g/mol. The maximum atomic E-state index is 6.36. The van der Waals surface area contributed by atoms with E-state index in [2.05, 4.69) is 37.4 Å². The van der Waals surface area contributed by atoms with Crippen molar-refractivity contribution in [3.05, 3.63) is 17.7 Å². The van der Waals surface area contributed by atoms with E-state index in [1.807, 2.05) is 24.9 Å². The molecule has 0 unspecified atom stereocenters.